The highest BCUT2D eigenvalue weighted by Gasteiger charge is 2.20. The van der Waals surface area contributed by atoms with E-state index in [2.05, 4.69) is 26.3 Å². The number of hydrogen-bond donors (Lipinski definition) is 1. The van der Waals surface area contributed by atoms with Gasteiger partial charge in [-0.3, -0.25) is 9.59 Å². The Bertz CT molecular complexity index is 1030. The standard InChI is InChI=1S/C22H22BrN3O3/c1-14-11-15(2)26(25-14)19-9-7-16(8-10-19)22(28)24-20(13-21(27)29-3)17-5-4-6-18(23)12-17/h4-12,20H,13H2,1-3H3,(H,24,28). The van der Waals surface area contributed by atoms with Gasteiger partial charge in [-0.05, 0) is 61.9 Å². The summed E-state index contributed by atoms with van der Waals surface area (Å²) in [6.07, 6.45) is 0.0442. The van der Waals surface area contributed by atoms with E-state index >= 15 is 0 Å². The first-order valence-electron chi connectivity index (χ1n) is 9.14. The van der Waals surface area contributed by atoms with Crippen LogP contribution in [-0.2, 0) is 9.53 Å². The zero-order valence-corrected chi connectivity index (χ0v) is 18.1. The summed E-state index contributed by atoms with van der Waals surface area (Å²) < 4.78 is 7.49. The average Bonchev–Trinajstić information content (AvgIpc) is 3.05. The molecule has 1 unspecified atom stereocenters. The van der Waals surface area contributed by atoms with Crippen molar-refractivity contribution in [1.82, 2.24) is 15.1 Å². The molecule has 1 N–H and O–H groups in total. The van der Waals surface area contributed by atoms with Crippen molar-refractivity contribution in [3.8, 4) is 5.69 Å². The summed E-state index contributed by atoms with van der Waals surface area (Å²) in [7, 11) is 1.33. The smallest absolute Gasteiger partial charge is 0.307 e. The van der Waals surface area contributed by atoms with Crippen molar-refractivity contribution in [2.75, 3.05) is 7.11 Å². The number of aryl methyl sites for hydroxylation is 2. The molecule has 0 aliphatic rings. The van der Waals surface area contributed by atoms with E-state index in [4.69, 9.17) is 4.74 Å². The van der Waals surface area contributed by atoms with Crippen LogP contribution in [0.5, 0.6) is 0 Å². The van der Waals surface area contributed by atoms with Crippen molar-refractivity contribution in [3.05, 3.63) is 81.6 Å². The third-order valence-corrected chi connectivity index (χ3v) is 5.03. The van der Waals surface area contributed by atoms with E-state index in [0.29, 0.717) is 5.56 Å². The molecule has 150 valence electrons. The first kappa shape index (κ1) is 20.8. The summed E-state index contributed by atoms with van der Waals surface area (Å²) in [6.45, 7) is 3.92. The first-order valence-corrected chi connectivity index (χ1v) is 9.93. The number of aromatic nitrogens is 2. The molecular weight excluding hydrogens is 434 g/mol. The minimum Gasteiger partial charge on any atom is -0.469 e. The Balaban J connectivity index is 1.80. The number of amides is 1. The third-order valence-electron chi connectivity index (χ3n) is 4.54. The SMILES string of the molecule is COC(=O)CC(NC(=O)c1ccc(-n2nc(C)cc2C)cc1)c1cccc(Br)c1. The molecule has 0 saturated heterocycles. The molecule has 0 aliphatic carbocycles. The molecule has 1 atom stereocenters. The lowest BCUT2D eigenvalue weighted by molar-refractivity contribution is -0.141. The van der Waals surface area contributed by atoms with Gasteiger partial charge in [-0.1, -0.05) is 28.1 Å². The molecule has 1 amide bonds. The number of esters is 1. The maximum Gasteiger partial charge on any atom is 0.307 e. The molecule has 2 aromatic carbocycles. The van der Waals surface area contributed by atoms with Crippen LogP contribution < -0.4 is 5.32 Å². The second-order valence-electron chi connectivity index (χ2n) is 6.75. The highest BCUT2D eigenvalue weighted by Crippen LogP contribution is 2.22. The molecule has 0 spiro atoms. The summed E-state index contributed by atoms with van der Waals surface area (Å²) in [6, 6.07) is 16.2. The number of hydrogen-bond acceptors (Lipinski definition) is 4. The maximum absolute atomic E-state index is 12.8. The van der Waals surface area contributed by atoms with Gasteiger partial charge in [0.25, 0.3) is 5.91 Å². The van der Waals surface area contributed by atoms with Crippen molar-refractivity contribution in [2.45, 2.75) is 26.3 Å². The normalized spacial score (nSPS) is 11.7. The predicted molar refractivity (Wildman–Crippen MR) is 114 cm³/mol. The molecule has 0 radical (unpaired) electrons. The fourth-order valence-electron chi connectivity index (χ4n) is 3.11. The third kappa shape index (κ3) is 5.12. The number of rotatable bonds is 6. The van der Waals surface area contributed by atoms with E-state index in [1.807, 2.05) is 61.0 Å². The number of benzene rings is 2. The van der Waals surface area contributed by atoms with Crippen LogP contribution >= 0.6 is 15.9 Å². The monoisotopic (exact) mass is 455 g/mol. The fraction of sp³-hybridized carbons (Fsp3) is 0.227. The number of carbonyl (C=O) groups excluding carboxylic acids is 2. The number of nitrogens with zero attached hydrogens (tertiary/aromatic N) is 2. The lowest BCUT2D eigenvalue weighted by Gasteiger charge is -2.19. The van der Waals surface area contributed by atoms with Gasteiger partial charge in [0.1, 0.15) is 0 Å². The molecule has 29 heavy (non-hydrogen) atoms. The molecule has 0 bridgehead atoms. The Morgan fingerprint density at radius 2 is 1.86 bits per heavy atom. The first-order chi connectivity index (χ1) is 13.9. The van der Waals surface area contributed by atoms with Crippen molar-refractivity contribution >= 4 is 27.8 Å². The number of nitrogens with one attached hydrogen (secondary N) is 1. The van der Waals surface area contributed by atoms with E-state index in [-0.39, 0.29) is 12.3 Å². The van der Waals surface area contributed by atoms with Crippen molar-refractivity contribution < 1.29 is 14.3 Å². The Labute approximate surface area is 178 Å². The predicted octanol–water partition coefficient (Wildman–Crippen LogP) is 4.29. The van der Waals surface area contributed by atoms with E-state index in [9.17, 15) is 9.59 Å². The quantitative estimate of drug-likeness (QED) is 0.562. The Kier molecular flexibility index (Phi) is 6.49. The van der Waals surface area contributed by atoms with Gasteiger partial charge >= 0.3 is 5.97 Å². The summed E-state index contributed by atoms with van der Waals surface area (Å²) >= 11 is 3.43. The second kappa shape index (κ2) is 9.05. The van der Waals surface area contributed by atoms with E-state index < -0.39 is 12.0 Å². The van der Waals surface area contributed by atoms with Gasteiger partial charge in [0.2, 0.25) is 0 Å². The molecule has 1 heterocycles. The summed E-state index contributed by atoms with van der Waals surface area (Å²) in [5, 5.41) is 7.39. The van der Waals surface area contributed by atoms with Crippen LogP contribution in [0.2, 0.25) is 0 Å². The second-order valence-corrected chi connectivity index (χ2v) is 7.66. The van der Waals surface area contributed by atoms with E-state index in [0.717, 1.165) is 27.1 Å². The lowest BCUT2D eigenvalue weighted by Crippen LogP contribution is -2.30. The lowest BCUT2D eigenvalue weighted by atomic mass is 10.0. The highest BCUT2D eigenvalue weighted by atomic mass is 79.9. The molecule has 7 heteroatoms. The van der Waals surface area contributed by atoms with Gasteiger partial charge in [-0.25, -0.2) is 4.68 Å². The van der Waals surface area contributed by atoms with Gasteiger partial charge in [0.05, 0.1) is 31.0 Å². The molecule has 0 aliphatic heterocycles. The zero-order valence-electron chi connectivity index (χ0n) is 16.5. The molecular formula is C22H22BrN3O3. The summed E-state index contributed by atoms with van der Waals surface area (Å²) in [5.74, 6) is -0.658. The van der Waals surface area contributed by atoms with Crippen LogP contribution in [0.15, 0.2) is 59.1 Å². The largest absolute Gasteiger partial charge is 0.469 e. The van der Waals surface area contributed by atoms with Crippen LogP contribution in [0, 0.1) is 13.8 Å². The molecule has 6 nitrogen and oxygen atoms in total. The van der Waals surface area contributed by atoms with Crippen molar-refractivity contribution in [1.29, 1.82) is 0 Å². The summed E-state index contributed by atoms with van der Waals surface area (Å²) in [4.78, 5) is 24.6. The van der Waals surface area contributed by atoms with Crippen LogP contribution in [0.3, 0.4) is 0 Å². The molecule has 0 saturated carbocycles. The van der Waals surface area contributed by atoms with Crippen LogP contribution in [0.25, 0.3) is 5.69 Å². The van der Waals surface area contributed by atoms with E-state index in [1.54, 1.807) is 12.1 Å². The minimum atomic E-state index is -0.497. The average molecular weight is 456 g/mol. The summed E-state index contributed by atoms with van der Waals surface area (Å²) in [5.41, 5.74) is 4.15. The maximum atomic E-state index is 12.8. The Hall–Kier alpha value is -2.93. The van der Waals surface area contributed by atoms with Gasteiger partial charge in [-0.15, -0.1) is 0 Å². The zero-order chi connectivity index (χ0) is 21.0. The molecule has 0 fully saturated rings. The van der Waals surface area contributed by atoms with Crippen LogP contribution in [0.4, 0.5) is 0 Å². The van der Waals surface area contributed by atoms with Gasteiger partial charge in [-0.2, -0.15) is 5.10 Å². The number of methoxy groups -OCH3 is 1. The van der Waals surface area contributed by atoms with Gasteiger partial charge in [0, 0.05) is 15.7 Å². The Morgan fingerprint density at radius 3 is 2.45 bits per heavy atom. The van der Waals surface area contributed by atoms with Crippen molar-refractivity contribution in [3.63, 3.8) is 0 Å². The van der Waals surface area contributed by atoms with Crippen molar-refractivity contribution in [2.24, 2.45) is 0 Å². The Morgan fingerprint density at radius 1 is 1.14 bits per heavy atom. The number of ether oxygens (including phenoxy) is 1. The van der Waals surface area contributed by atoms with Crippen LogP contribution in [0.1, 0.15) is 39.8 Å². The highest BCUT2D eigenvalue weighted by molar-refractivity contribution is 9.10. The number of carbonyl (C=O) groups is 2. The topological polar surface area (TPSA) is 73.2 Å². The molecule has 3 rings (SSSR count). The molecule has 3 aromatic rings. The minimum absolute atomic E-state index is 0.0442. The fourth-order valence-corrected chi connectivity index (χ4v) is 3.53. The van der Waals surface area contributed by atoms with Gasteiger partial charge in [0.15, 0.2) is 0 Å². The van der Waals surface area contributed by atoms with Gasteiger partial charge < -0.3 is 10.1 Å². The number of halogens is 1. The molecule has 1 aromatic heterocycles. The van der Waals surface area contributed by atoms with E-state index in [1.165, 1.54) is 7.11 Å². The van der Waals surface area contributed by atoms with Crippen LogP contribution in [-0.4, -0.2) is 28.8 Å².